The molecule has 1 aromatic heterocycles. The molecule has 0 aliphatic heterocycles. The zero-order valence-electron chi connectivity index (χ0n) is 16.2. The van der Waals surface area contributed by atoms with E-state index in [1.807, 2.05) is 25.1 Å². The molecule has 0 spiro atoms. The standard InChI is InChI=1S/C20H25N7O/c1-26(2)18-11-12-23-20(25-18)24-15-5-9-17(10-6-15)27(19(22)28)16-7-3-14(13-21)4-8-16/h3-4,7-8,11-12,15,17H,5-6,9-10H2,1-2H3,(H2,22,28)(H,23,24,25). The second-order valence-corrected chi connectivity index (χ2v) is 7.15. The minimum absolute atomic E-state index is 0.0394. The number of aromatic nitrogens is 2. The highest BCUT2D eigenvalue weighted by molar-refractivity contribution is 5.91. The van der Waals surface area contributed by atoms with Crippen LogP contribution in [0.3, 0.4) is 0 Å². The number of hydrogen-bond acceptors (Lipinski definition) is 6. The van der Waals surface area contributed by atoms with E-state index in [9.17, 15) is 4.79 Å². The first-order chi connectivity index (χ1) is 13.5. The fourth-order valence-corrected chi connectivity index (χ4v) is 3.54. The van der Waals surface area contributed by atoms with E-state index < -0.39 is 6.03 Å². The molecule has 8 nitrogen and oxygen atoms in total. The number of primary amides is 1. The maximum atomic E-state index is 12.1. The molecule has 0 unspecified atom stereocenters. The summed E-state index contributed by atoms with van der Waals surface area (Å²) in [7, 11) is 3.89. The summed E-state index contributed by atoms with van der Waals surface area (Å²) in [5, 5.41) is 12.3. The number of carbonyl (C=O) groups is 1. The lowest BCUT2D eigenvalue weighted by Crippen LogP contribution is -2.46. The Labute approximate surface area is 165 Å². The molecule has 8 heteroatoms. The normalized spacial score (nSPS) is 18.8. The SMILES string of the molecule is CN(C)c1ccnc(NC2CCC(N(C(N)=O)c3ccc(C#N)cc3)CC2)n1. The van der Waals surface area contributed by atoms with Crippen molar-refractivity contribution >= 4 is 23.5 Å². The van der Waals surface area contributed by atoms with Crippen LogP contribution in [0, 0.1) is 11.3 Å². The highest BCUT2D eigenvalue weighted by Gasteiger charge is 2.29. The van der Waals surface area contributed by atoms with Crippen molar-refractivity contribution in [3.63, 3.8) is 0 Å². The van der Waals surface area contributed by atoms with Crippen molar-refractivity contribution in [1.82, 2.24) is 9.97 Å². The van der Waals surface area contributed by atoms with Crippen LogP contribution < -0.4 is 20.9 Å². The van der Waals surface area contributed by atoms with E-state index >= 15 is 0 Å². The van der Waals surface area contributed by atoms with Gasteiger partial charge in [-0.3, -0.25) is 4.90 Å². The highest BCUT2D eigenvalue weighted by atomic mass is 16.2. The van der Waals surface area contributed by atoms with Crippen molar-refractivity contribution in [1.29, 1.82) is 5.26 Å². The molecule has 3 rings (SSSR count). The number of nitrogens with zero attached hydrogens (tertiary/aromatic N) is 5. The number of nitrogens with one attached hydrogen (secondary N) is 1. The lowest BCUT2D eigenvalue weighted by Gasteiger charge is -2.36. The summed E-state index contributed by atoms with van der Waals surface area (Å²) < 4.78 is 0. The zero-order valence-corrected chi connectivity index (χ0v) is 16.2. The first-order valence-electron chi connectivity index (χ1n) is 9.33. The van der Waals surface area contributed by atoms with Crippen molar-refractivity contribution in [2.75, 3.05) is 29.2 Å². The fraction of sp³-hybridized carbons (Fsp3) is 0.400. The number of nitrogens with two attached hydrogens (primary N) is 1. The quantitative estimate of drug-likeness (QED) is 0.826. The van der Waals surface area contributed by atoms with Crippen molar-refractivity contribution in [3.05, 3.63) is 42.1 Å². The van der Waals surface area contributed by atoms with E-state index in [4.69, 9.17) is 11.0 Å². The molecule has 3 N–H and O–H groups in total. The molecule has 1 saturated carbocycles. The summed E-state index contributed by atoms with van der Waals surface area (Å²) in [6.45, 7) is 0. The molecule has 0 atom stereocenters. The van der Waals surface area contributed by atoms with Crippen LogP contribution in [0.15, 0.2) is 36.5 Å². The predicted molar refractivity (Wildman–Crippen MR) is 109 cm³/mol. The fourth-order valence-electron chi connectivity index (χ4n) is 3.54. The summed E-state index contributed by atoms with van der Waals surface area (Å²) in [4.78, 5) is 24.5. The lowest BCUT2D eigenvalue weighted by molar-refractivity contribution is 0.248. The molecule has 1 aliphatic rings. The van der Waals surface area contributed by atoms with Gasteiger partial charge in [-0.1, -0.05) is 0 Å². The molecule has 146 valence electrons. The van der Waals surface area contributed by atoms with Gasteiger partial charge in [-0.05, 0) is 56.0 Å². The third-order valence-electron chi connectivity index (χ3n) is 5.01. The second-order valence-electron chi connectivity index (χ2n) is 7.15. The molecule has 0 radical (unpaired) electrons. The topological polar surface area (TPSA) is 111 Å². The van der Waals surface area contributed by atoms with E-state index in [-0.39, 0.29) is 12.1 Å². The van der Waals surface area contributed by atoms with Crippen LogP contribution in [0.25, 0.3) is 0 Å². The van der Waals surface area contributed by atoms with Crippen LogP contribution >= 0.6 is 0 Å². The number of hydrogen-bond donors (Lipinski definition) is 2. The third-order valence-corrected chi connectivity index (χ3v) is 5.01. The van der Waals surface area contributed by atoms with E-state index in [0.717, 1.165) is 37.2 Å². The van der Waals surface area contributed by atoms with Gasteiger partial charge in [0.15, 0.2) is 0 Å². The smallest absolute Gasteiger partial charge is 0.319 e. The Morgan fingerprint density at radius 1 is 1.18 bits per heavy atom. The van der Waals surface area contributed by atoms with Crippen LogP contribution in [0.2, 0.25) is 0 Å². The number of benzene rings is 1. The summed E-state index contributed by atoms with van der Waals surface area (Å²) in [6, 6.07) is 10.7. The van der Waals surface area contributed by atoms with Gasteiger partial charge in [-0.25, -0.2) is 9.78 Å². The second kappa shape index (κ2) is 8.57. The average molecular weight is 379 g/mol. The van der Waals surface area contributed by atoms with Gasteiger partial charge in [-0.2, -0.15) is 10.2 Å². The Balaban J connectivity index is 1.63. The van der Waals surface area contributed by atoms with Crippen LogP contribution in [0.1, 0.15) is 31.2 Å². The van der Waals surface area contributed by atoms with E-state index in [0.29, 0.717) is 11.5 Å². The average Bonchev–Trinajstić information content (AvgIpc) is 2.70. The summed E-state index contributed by atoms with van der Waals surface area (Å²) in [6.07, 6.45) is 5.18. The van der Waals surface area contributed by atoms with E-state index in [2.05, 4.69) is 21.4 Å². The molecule has 0 bridgehead atoms. The van der Waals surface area contributed by atoms with Gasteiger partial charge in [0.05, 0.1) is 11.6 Å². The Morgan fingerprint density at radius 2 is 1.86 bits per heavy atom. The molecule has 0 saturated heterocycles. The number of nitriles is 1. The van der Waals surface area contributed by atoms with E-state index in [1.54, 1.807) is 35.4 Å². The summed E-state index contributed by atoms with van der Waals surface area (Å²) in [5.74, 6) is 1.47. The first kappa shape index (κ1) is 19.4. The molecule has 1 heterocycles. The minimum Gasteiger partial charge on any atom is -0.363 e. The molecule has 1 aliphatic carbocycles. The molecule has 1 aromatic carbocycles. The lowest BCUT2D eigenvalue weighted by atomic mass is 9.90. The molecule has 28 heavy (non-hydrogen) atoms. The Hall–Kier alpha value is -3.34. The van der Waals surface area contributed by atoms with Crippen molar-refractivity contribution in [2.24, 2.45) is 5.73 Å². The minimum atomic E-state index is -0.469. The molecule has 2 amide bonds. The Kier molecular flexibility index (Phi) is 5.94. The van der Waals surface area contributed by atoms with Crippen LogP contribution in [0.5, 0.6) is 0 Å². The zero-order chi connectivity index (χ0) is 20.1. The van der Waals surface area contributed by atoms with Crippen LogP contribution in [-0.4, -0.2) is 42.2 Å². The number of anilines is 3. The van der Waals surface area contributed by atoms with Gasteiger partial charge in [0.2, 0.25) is 5.95 Å². The van der Waals surface area contributed by atoms with Gasteiger partial charge < -0.3 is 16.0 Å². The Bertz CT molecular complexity index is 852. The van der Waals surface area contributed by atoms with Crippen molar-refractivity contribution < 1.29 is 4.79 Å². The monoisotopic (exact) mass is 379 g/mol. The van der Waals surface area contributed by atoms with E-state index in [1.165, 1.54) is 0 Å². The number of urea groups is 1. The number of rotatable bonds is 5. The molecular weight excluding hydrogens is 354 g/mol. The van der Waals surface area contributed by atoms with Crippen LogP contribution in [0.4, 0.5) is 22.2 Å². The highest BCUT2D eigenvalue weighted by Crippen LogP contribution is 2.29. The van der Waals surface area contributed by atoms with Gasteiger partial charge in [0.25, 0.3) is 0 Å². The number of amides is 2. The van der Waals surface area contributed by atoms with Gasteiger partial charge in [0, 0.05) is 38.1 Å². The van der Waals surface area contributed by atoms with Gasteiger partial charge in [0.1, 0.15) is 5.82 Å². The maximum Gasteiger partial charge on any atom is 0.319 e. The number of carbonyl (C=O) groups excluding carboxylic acids is 1. The third kappa shape index (κ3) is 4.49. The summed E-state index contributed by atoms with van der Waals surface area (Å²) >= 11 is 0. The van der Waals surface area contributed by atoms with Gasteiger partial charge >= 0.3 is 6.03 Å². The largest absolute Gasteiger partial charge is 0.363 e. The Morgan fingerprint density at radius 3 is 2.43 bits per heavy atom. The van der Waals surface area contributed by atoms with Crippen molar-refractivity contribution in [2.45, 2.75) is 37.8 Å². The first-order valence-corrected chi connectivity index (χ1v) is 9.33. The molecular formula is C20H25N7O. The predicted octanol–water partition coefficient (Wildman–Crippen LogP) is 2.72. The molecule has 1 fully saturated rings. The van der Waals surface area contributed by atoms with Crippen molar-refractivity contribution in [3.8, 4) is 6.07 Å². The summed E-state index contributed by atoms with van der Waals surface area (Å²) in [5.41, 5.74) is 6.94. The van der Waals surface area contributed by atoms with Gasteiger partial charge in [-0.15, -0.1) is 0 Å². The maximum absolute atomic E-state index is 12.1. The molecule has 2 aromatic rings. The van der Waals surface area contributed by atoms with Crippen LogP contribution in [-0.2, 0) is 0 Å².